The minimum atomic E-state index is -1.61. The summed E-state index contributed by atoms with van der Waals surface area (Å²) in [6, 6.07) is 2.86. The van der Waals surface area contributed by atoms with Crippen molar-refractivity contribution < 1.29 is 83.5 Å². The van der Waals surface area contributed by atoms with Gasteiger partial charge in [-0.2, -0.15) is 0 Å². The molecule has 8 N–H and O–H groups in total. The summed E-state index contributed by atoms with van der Waals surface area (Å²) in [5.41, 5.74) is -0.809. The van der Waals surface area contributed by atoms with E-state index >= 15 is 0 Å². The van der Waals surface area contributed by atoms with Crippen LogP contribution in [0.25, 0.3) is 0 Å². The summed E-state index contributed by atoms with van der Waals surface area (Å²) in [6.07, 6.45) is -4.40. The number of hydrogen-bond donors (Lipinski definition) is 8. The first-order valence-corrected chi connectivity index (χ1v) is 23.1. The van der Waals surface area contributed by atoms with Crippen LogP contribution in [0.5, 0.6) is 17.2 Å². The molecule has 0 amide bonds. The highest BCUT2D eigenvalue weighted by molar-refractivity contribution is 5.91. The second-order valence-corrected chi connectivity index (χ2v) is 20.3. The summed E-state index contributed by atoms with van der Waals surface area (Å²) in [7, 11) is 4.28. The second kappa shape index (κ2) is 19.6. The van der Waals surface area contributed by atoms with Gasteiger partial charge in [-0.3, -0.25) is 0 Å². The van der Waals surface area contributed by atoms with Gasteiger partial charge in [0.05, 0.1) is 64.0 Å². The summed E-state index contributed by atoms with van der Waals surface area (Å²) >= 11 is 0. The van der Waals surface area contributed by atoms with Crippen molar-refractivity contribution in [2.24, 2.45) is 40.4 Å². The number of carbonyl (C=O) groups excluding carboxylic acids is 1. The number of aliphatic hydroxyl groups is 8. The van der Waals surface area contributed by atoms with Crippen molar-refractivity contribution in [1.29, 1.82) is 0 Å². The van der Waals surface area contributed by atoms with Gasteiger partial charge in [-0.15, -0.1) is 0 Å². The lowest BCUT2D eigenvalue weighted by atomic mass is 9.46. The number of benzene rings is 1. The molecule has 4 aliphatic carbocycles. The van der Waals surface area contributed by atoms with Gasteiger partial charge in [-0.1, -0.05) is 44.6 Å². The molecule has 19 unspecified atom stereocenters. The molecule has 17 nitrogen and oxygen atoms in total. The van der Waals surface area contributed by atoms with Crippen LogP contribution in [0.3, 0.4) is 0 Å². The van der Waals surface area contributed by atoms with Crippen LogP contribution in [0, 0.1) is 40.4 Å². The highest BCUT2D eigenvalue weighted by Gasteiger charge is 2.65. The fraction of sp³-hybridized carbons (Fsp3) is 0.771. The predicted molar refractivity (Wildman–Crippen MR) is 232 cm³/mol. The lowest BCUT2D eigenvalue weighted by Crippen LogP contribution is -2.62. The number of aliphatic hydroxyl groups excluding tert-OH is 7. The highest BCUT2D eigenvalue weighted by Crippen LogP contribution is 2.68. The summed E-state index contributed by atoms with van der Waals surface area (Å²) < 4.78 is 47.8. The number of carbonyl (C=O) groups is 1. The average molecular weight is 921 g/mol. The smallest absolute Gasteiger partial charge is 0.338 e. The summed E-state index contributed by atoms with van der Waals surface area (Å²) in [5, 5.41) is 86.0. The molecule has 0 aromatic heterocycles. The lowest BCUT2D eigenvalue weighted by Gasteiger charge is -2.60. The van der Waals surface area contributed by atoms with Crippen LogP contribution >= 0.6 is 0 Å². The monoisotopic (exact) mass is 920 g/mol. The van der Waals surface area contributed by atoms with Crippen molar-refractivity contribution in [2.45, 2.75) is 159 Å². The van der Waals surface area contributed by atoms with E-state index in [1.54, 1.807) is 19.9 Å². The van der Waals surface area contributed by atoms with Crippen molar-refractivity contribution in [3.63, 3.8) is 0 Å². The molecule has 2 saturated heterocycles. The zero-order chi connectivity index (χ0) is 47.3. The van der Waals surface area contributed by atoms with E-state index in [4.69, 9.17) is 37.9 Å². The Morgan fingerprint density at radius 3 is 2.25 bits per heavy atom. The molecule has 0 radical (unpaired) electrons. The van der Waals surface area contributed by atoms with Gasteiger partial charge in [-0.25, -0.2) is 4.79 Å². The molecule has 0 bridgehead atoms. The Morgan fingerprint density at radius 2 is 1.62 bits per heavy atom. The first-order chi connectivity index (χ1) is 30.7. The van der Waals surface area contributed by atoms with Gasteiger partial charge < -0.3 is 78.7 Å². The Balaban J connectivity index is 1.19. The number of methoxy groups -OCH3 is 3. The fourth-order valence-electron chi connectivity index (χ4n) is 12.7. The van der Waals surface area contributed by atoms with E-state index in [0.29, 0.717) is 19.3 Å². The van der Waals surface area contributed by atoms with Gasteiger partial charge >= 0.3 is 5.97 Å². The van der Waals surface area contributed by atoms with Crippen molar-refractivity contribution in [2.75, 3.05) is 34.5 Å². The zero-order valence-corrected chi connectivity index (χ0v) is 38.8. The van der Waals surface area contributed by atoms with Crippen molar-refractivity contribution in [3.8, 4) is 17.2 Å². The Hall–Kier alpha value is -2.91. The second-order valence-electron chi connectivity index (χ2n) is 20.3. The summed E-state index contributed by atoms with van der Waals surface area (Å²) in [5.74, 6) is 0.0860. The van der Waals surface area contributed by atoms with Gasteiger partial charge in [-0.05, 0) is 99.5 Å². The molecular weight excluding hydrogens is 849 g/mol. The van der Waals surface area contributed by atoms with E-state index in [-0.39, 0.29) is 70.8 Å². The Morgan fingerprint density at radius 1 is 0.923 bits per heavy atom. The first-order valence-electron chi connectivity index (χ1n) is 23.1. The molecule has 17 heteroatoms. The van der Waals surface area contributed by atoms with Crippen molar-refractivity contribution >= 4 is 5.97 Å². The number of ether oxygens (including phenoxy) is 8. The van der Waals surface area contributed by atoms with Crippen LogP contribution in [-0.4, -0.2) is 161 Å². The van der Waals surface area contributed by atoms with Gasteiger partial charge in [0.15, 0.2) is 30.2 Å². The minimum Gasteiger partial charge on any atom is -0.493 e. The molecule has 366 valence electrons. The quantitative estimate of drug-likeness (QED) is 0.0986. The lowest BCUT2D eigenvalue weighted by molar-refractivity contribution is -0.324. The van der Waals surface area contributed by atoms with E-state index in [0.717, 1.165) is 24.8 Å². The molecule has 1 aromatic rings. The molecule has 19 atom stereocenters. The largest absolute Gasteiger partial charge is 0.493 e. The van der Waals surface area contributed by atoms with E-state index in [9.17, 15) is 45.6 Å². The molecule has 2 heterocycles. The maximum absolute atomic E-state index is 13.9. The molecule has 5 fully saturated rings. The first kappa shape index (κ1) is 50.0. The number of rotatable bonds is 14. The third-order valence-electron chi connectivity index (χ3n) is 15.9. The standard InChI is InChI=1S/C48H72O17/c1-23(10-9-14-46(2,3)57)36-31(62-45-42(37(52)30(51)22-61-45)65-43(56)24-16-32(58-6)41(60-8)33(17-24)59-7)20-29-27-12-11-25-18-26(50)19-35(48(25,5)28(27)13-15-47(29,36)4)64-44-40(55)39(54)38(53)34(21-49)63-44/h9,11,14,16-17,23,26-31,34-40,42,44-45,49-55,57H,10,12-13,15,18-22H2,1-8H3. The van der Waals surface area contributed by atoms with Crippen molar-refractivity contribution in [3.05, 3.63) is 41.5 Å². The number of allylic oxidation sites excluding steroid dienone is 2. The third-order valence-corrected chi connectivity index (χ3v) is 15.9. The maximum Gasteiger partial charge on any atom is 0.338 e. The molecule has 0 spiro atoms. The van der Waals surface area contributed by atoms with Gasteiger partial charge in [0.25, 0.3) is 0 Å². The van der Waals surface area contributed by atoms with E-state index in [2.05, 4.69) is 26.8 Å². The molecule has 3 saturated carbocycles. The number of esters is 1. The Labute approximate surface area is 381 Å². The van der Waals surface area contributed by atoms with Crippen LogP contribution in [0.4, 0.5) is 0 Å². The molecule has 6 aliphatic rings. The molecule has 1 aromatic carbocycles. The van der Waals surface area contributed by atoms with Gasteiger partial charge in [0.1, 0.15) is 36.6 Å². The zero-order valence-electron chi connectivity index (χ0n) is 38.8. The van der Waals surface area contributed by atoms with Crippen LogP contribution in [0.2, 0.25) is 0 Å². The van der Waals surface area contributed by atoms with Crippen LogP contribution in [-0.2, 0) is 23.7 Å². The van der Waals surface area contributed by atoms with Crippen LogP contribution < -0.4 is 14.2 Å². The van der Waals surface area contributed by atoms with Gasteiger partial charge in [0.2, 0.25) is 5.75 Å². The molecule has 7 rings (SSSR count). The van der Waals surface area contributed by atoms with Gasteiger partial charge in [0, 0.05) is 11.8 Å². The normalized spacial score (nSPS) is 42.3. The van der Waals surface area contributed by atoms with Crippen LogP contribution in [0.1, 0.15) is 89.9 Å². The number of hydrogen-bond acceptors (Lipinski definition) is 17. The molecular formula is C48H72O17. The van der Waals surface area contributed by atoms with E-state index in [1.807, 2.05) is 6.08 Å². The maximum atomic E-state index is 13.9. The Kier molecular flexibility index (Phi) is 15.1. The predicted octanol–water partition coefficient (Wildman–Crippen LogP) is 2.40. The minimum absolute atomic E-state index is 0.0295. The highest BCUT2D eigenvalue weighted by atomic mass is 16.7. The SMILES string of the molecule is COc1cc(C(=O)OC2C(OC3CC4C5CC=C6CC(O)CC(OC7OC(CO)C(O)C(O)C7O)C6(C)C5CCC4(C)C3C(C)CC=CC(C)(C)O)OCC(O)C2O)cc(OC)c1OC. The Bertz CT molecular complexity index is 1860. The van der Waals surface area contributed by atoms with Crippen molar-refractivity contribution in [1.82, 2.24) is 0 Å². The average Bonchev–Trinajstić information content (AvgIpc) is 3.57. The summed E-state index contributed by atoms with van der Waals surface area (Å²) in [4.78, 5) is 13.9. The fourth-order valence-corrected chi connectivity index (χ4v) is 12.7. The molecule has 65 heavy (non-hydrogen) atoms. The van der Waals surface area contributed by atoms with E-state index < -0.39 is 97.2 Å². The van der Waals surface area contributed by atoms with Crippen LogP contribution in [0.15, 0.2) is 35.9 Å². The topological polar surface area (TPSA) is 253 Å². The van der Waals surface area contributed by atoms with E-state index in [1.165, 1.54) is 33.5 Å². The molecule has 2 aliphatic heterocycles. The number of fused-ring (bicyclic) bond motifs is 5. The summed E-state index contributed by atoms with van der Waals surface area (Å²) in [6.45, 7) is 9.22. The third kappa shape index (κ3) is 9.47.